The molecule has 2 aliphatic rings. The van der Waals surface area contributed by atoms with E-state index in [1.165, 1.54) is 88.2 Å². The molecular weight excluding hydrogens is 661 g/mol. The maximum atomic E-state index is 13.3. The van der Waals surface area contributed by atoms with Crippen LogP contribution in [-0.4, -0.2) is 39.6 Å². The molecule has 2 saturated carbocycles. The quantitative estimate of drug-likeness (QED) is 0.0544. The Morgan fingerprint density at radius 1 is 0.750 bits per heavy atom. The lowest BCUT2D eigenvalue weighted by Gasteiger charge is -2.44. The smallest absolute Gasteiger partial charge is 0.336 e. The number of unbranched alkanes of at least 4 members (excludes halogenated alkanes) is 2. The van der Waals surface area contributed by atoms with Gasteiger partial charge in [0, 0.05) is 11.5 Å². The second-order valence-electron chi connectivity index (χ2n) is 17.6. The Bertz CT molecular complexity index is 1230. The number of ether oxygens (including phenoxy) is 2. The molecule has 294 valence electrons. The highest BCUT2D eigenvalue weighted by atomic mass is 28.4. The average molecular weight is 737 g/mol. The summed E-state index contributed by atoms with van der Waals surface area (Å²) in [4.78, 5) is 25.5. The van der Waals surface area contributed by atoms with Crippen molar-refractivity contribution in [1.29, 1.82) is 0 Å². The minimum atomic E-state index is -2.20. The first kappa shape index (κ1) is 44.2. The summed E-state index contributed by atoms with van der Waals surface area (Å²) >= 11 is 0. The van der Waals surface area contributed by atoms with Crippen molar-refractivity contribution in [3.05, 3.63) is 59.7 Å². The van der Waals surface area contributed by atoms with Crippen LogP contribution >= 0.6 is 0 Å². The molecule has 1 aromatic rings. The van der Waals surface area contributed by atoms with Crippen molar-refractivity contribution in [3.8, 4) is 0 Å². The van der Waals surface area contributed by atoms with Gasteiger partial charge in [0.2, 0.25) is 8.32 Å². The summed E-state index contributed by atoms with van der Waals surface area (Å²) < 4.78 is 18.2. The Kier molecular flexibility index (Phi) is 18.4. The largest absolute Gasteiger partial charge is 0.462 e. The predicted octanol–water partition coefficient (Wildman–Crippen LogP) is 12.7. The Balaban J connectivity index is 1.51. The SMILES string of the molecule is C=C(C)C(=O)OCC(CCc1ccc(C2CCC(C3CCC(CCCCC)CC3)CC2)cc1)COC(=O)C(=C)C(C)O[Si](C(C)C)(C(C)C)C(C)C. The molecule has 0 aliphatic heterocycles. The van der Waals surface area contributed by atoms with E-state index in [-0.39, 0.29) is 19.1 Å². The zero-order valence-electron chi connectivity index (χ0n) is 34.8. The van der Waals surface area contributed by atoms with Crippen molar-refractivity contribution in [2.24, 2.45) is 23.7 Å². The lowest BCUT2D eigenvalue weighted by atomic mass is 9.68. The van der Waals surface area contributed by atoms with Crippen molar-refractivity contribution in [3.63, 3.8) is 0 Å². The highest BCUT2D eigenvalue weighted by Crippen LogP contribution is 2.45. The Hall–Kier alpha value is -2.18. The molecule has 2 unspecified atom stereocenters. The standard InChI is InChI=1S/C46H76O5Si/c1-12-13-14-15-38-18-22-41(23-19-38)43-26-28-44(29-27-43)42-24-20-39(21-25-42)16-17-40(30-49-45(47)32(2)3)31-50-46(48)36(10)37(11)51-52(33(4)5,34(6)7)35(8)9/h20-21,24-25,33-35,37-38,40-41,43-44H,2,10,12-19,22-23,26-31H2,1,3-9,11H3. The van der Waals surface area contributed by atoms with Gasteiger partial charge in [0.15, 0.2) is 0 Å². The number of carbonyl (C=O) groups is 2. The first-order valence-electron chi connectivity index (χ1n) is 21.1. The third kappa shape index (κ3) is 12.7. The van der Waals surface area contributed by atoms with Crippen LogP contribution < -0.4 is 0 Å². The number of hydrogen-bond donors (Lipinski definition) is 0. The van der Waals surface area contributed by atoms with E-state index < -0.39 is 26.4 Å². The van der Waals surface area contributed by atoms with E-state index in [0.29, 0.717) is 33.7 Å². The van der Waals surface area contributed by atoms with E-state index in [1.807, 2.05) is 6.92 Å². The lowest BCUT2D eigenvalue weighted by molar-refractivity contribution is -0.144. The Morgan fingerprint density at radius 2 is 1.27 bits per heavy atom. The highest BCUT2D eigenvalue weighted by molar-refractivity contribution is 6.77. The van der Waals surface area contributed by atoms with Crippen molar-refractivity contribution in [2.75, 3.05) is 13.2 Å². The predicted molar refractivity (Wildman–Crippen MR) is 220 cm³/mol. The maximum absolute atomic E-state index is 13.3. The summed E-state index contributed by atoms with van der Waals surface area (Å²) in [5.41, 5.74) is 4.61. The molecule has 0 bridgehead atoms. The molecular formula is C46H76O5Si. The van der Waals surface area contributed by atoms with Gasteiger partial charge in [-0.2, -0.15) is 0 Å². The van der Waals surface area contributed by atoms with Gasteiger partial charge in [0.25, 0.3) is 0 Å². The van der Waals surface area contributed by atoms with Gasteiger partial charge in [-0.3, -0.25) is 0 Å². The van der Waals surface area contributed by atoms with E-state index >= 15 is 0 Å². The zero-order valence-corrected chi connectivity index (χ0v) is 35.8. The molecule has 0 aromatic heterocycles. The van der Waals surface area contributed by atoms with Crippen LogP contribution in [0, 0.1) is 23.7 Å². The topological polar surface area (TPSA) is 61.8 Å². The van der Waals surface area contributed by atoms with Gasteiger partial charge in [-0.05, 0) is 117 Å². The minimum Gasteiger partial charge on any atom is -0.462 e. The van der Waals surface area contributed by atoms with Crippen molar-refractivity contribution in [1.82, 2.24) is 0 Å². The Labute approximate surface area is 320 Å². The number of aryl methyl sites for hydroxylation is 1. The highest BCUT2D eigenvalue weighted by Gasteiger charge is 2.46. The van der Waals surface area contributed by atoms with Crippen LogP contribution in [0.4, 0.5) is 0 Å². The molecule has 0 radical (unpaired) electrons. The molecule has 2 aliphatic carbocycles. The van der Waals surface area contributed by atoms with E-state index in [9.17, 15) is 9.59 Å². The van der Waals surface area contributed by atoms with Gasteiger partial charge in [-0.1, -0.05) is 124 Å². The average Bonchev–Trinajstić information content (AvgIpc) is 3.13. The summed E-state index contributed by atoms with van der Waals surface area (Å²) in [7, 11) is -2.20. The van der Waals surface area contributed by atoms with Crippen LogP contribution in [0.25, 0.3) is 0 Å². The summed E-state index contributed by atoms with van der Waals surface area (Å²) in [5.74, 6) is 2.54. The van der Waals surface area contributed by atoms with Crippen LogP contribution in [0.5, 0.6) is 0 Å². The molecule has 0 saturated heterocycles. The fourth-order valence-electron chi connectivity index (χ4n) is 9.65. The van der Waals surface area contributed by atoms with Crippen LogP contribution in [0.2, 0.25) is 16.6 Å². The van der Waals surface area contributed by atoms with E-state index in [0.717, 1.165) is 30.6 Å². The normalized spacial score (nSPS) is 22.3. The van der Waals surface area contributed by atoms with Crippen LogP contribution in [-0.2, 0) is 29.9 Å². The molecule has 52 heavy (non-hydrogen) atoms. The minimum absolute atomic E-state index is 0.145. The fourth-order valence-corrected chi connectivity index (χ4v) is 15.2. The summed E-state index contributed by atoms with van der Waals surface area (Å²) in [5, 5.41) is 0. The number of rotatable bonds is 21. The number of benzene rings is 1. The lowest BCUT2D eigenvalue weighted by Crippen LogP contribution is -2.50. The second kappa shape index (κ2) is 21.6. The van der Waals surface area contributed by atoms with Crippen molar-refractivity contribution in [2.45, 2.75) is 181 Å². The number of hydrogen-bond acceptors (Lipinski definition) is 5. The Morgan fingerprint density at radius 3 is 1.77 bits per heavy atom. The van der Waals surface area contributed by atoms with Crippen molar-refractivity contribution < 1.29 is 23.5 Å². The van der Waals surface area contributed by atoms with E-state index in [2.05, 4.69) is 85.9 Å². The molecule has 6 heteroatoms. The summed E-state index contributed by atoms with van der Waals surface area (Å²) in [6.07, 6.45) is 18.0. The van der Waals surface area contributed by atoms with Gasteiger partial charge in [-0.25, -0.2) is 9.59 Å². The van der Waals surface area contributed by atoms with Gasteiger partial charge < -0.3 is 13.9 Å². The second-order valence-corrected chi connectivity index (χ2v) is 23.0. The number of carbonyl (C=O) groups excluding carboxylic acids is 2. The third-order valence-electron chi connectivity index (χ3n) is 12.9. The monoisotopic (exact) mass is 737 g/mol. The fraction of sp³-hybridized carbons (Fsp3) is 0.739. The van der Waals surface area contributed by atoms with Gasteiger partial charge >= 0.3 is 11.9 Å². The summed E-state index contributed by atoms with van der Waals surface area (Å²) in [6, 6.07) is 9.19. The van der Waals surface area contributed by atoms with Crippen molar-refractivity contribution >= 4 is 20.3 Å². The molecule has 2 atom stereocenters. The van der Waals surface area contributed by atoms with E-state index in [1.54, 1.807) is 6.92 Å². The summed E-state index contributed by atoms with van der Waals surface area (Å²) in [6.45, 7) is 27.4. The van der Waals surface area contributed by atoms with Crippen LogP contribution in [0.15, 0.2) is 48.6 Å². The van der Waals surface area contributed by atoms with Crippen LogP contribution in [0.1, 0.15) is 163 Å². The van der Waals surface area contributed by atoms with Gasteiger partial charge in [0.1, 0.15) is 0 Å². The van der Waals surface area contributed by atoms with Gasteiger partial charge in [-0.15, -0.1) is 0 Å². The molecule has 3 rings (SSSR count). The molecule has 5 nitrogen and oxygen atoms in total. The molecule has 2 fully saturated rings. The molecule has 0 heterocycles. The zero-order chi connectivity index (χ0) is 38.4. The van der Waals surface area contributed by atoms with Crippen LogP contribution in [0.3, 0.4) is 0 Å². The first-order chi connectivity index (χ1) is 24.7. The van der Waals surface area contributed by atoms with E-state index in [4.69, 9.17) is 13.9 Å². The molecule has 1 aromatic carbocycles. The molecule has 0 N–H and O–H groups in total. The molecule has 0 amide bonds. The number of esters is 2. The third-order valence-corrected chi connectivity index (χ3v) is 19.1. The first-order valence-corrected chi connectivity index (χ1v) is 23.3. The maximum Gasteiger partial charge on any atom is 0.336 e. The molecule has 0 spiro atoms. The van der Waals surface area contributed by atoms with Gasteiger partial charge in [0.05, 0.1) is 24.9 Å².